The molecule has 0 aromatic heterocycles. The highest BCUT2D eigenvalue weighted by molar-refractivity contribution is 7.85. The van der Waals surface area contributed by atoms with E-state index >= 15 is 0 Å². The summed E-state index contributed by atoms with van der Waals surface area (Å²) in [5.74, 6) is -0.532. The Bertz CT molecular complexity index is 808. The minimum Gasteiger partial charge on any atom is -0.442 e. The molecule has 0 radical (unpaired) electrons. The second kappa shape index (κ2) is 12.0. The summed E-state index contributed by atoms with van der Waals surface area (Å²) in [6.45, 7) is 7.13. The van der Waals surface area contributed by atoms with Gasteiger partial charge < -0.3 is 15.8 Å². The second-order valence-electron chi connectivity index (χ2n) is 8.48. The Hall–Kier alpha value is -2.17. The number of hydrogen-bond acceptors (Lipinski definition) is 7. The zero-order chi connectivity index (χ0) is 23.7. The van der Waals surface area contributed by atoms with Crippen molar-refractivity contribution in [2.75, 3.05) is 12.8 Å². The molecule has 10 heteroatoms. The van der Waals surface area contributed by atoms with Gasteiger partial charge in [0, 0.05) is 6.04 Å². The van der Waals surface area contributed by atoms with Gasteiger partial charge in [0.05, 0.1) is 6.26 Å². The molecule has 0 aliphatic rings. The van der Waals surface area contributed by atoms with Crippen LogP contribution < -0.4 is 11.1 Å². The van der Waals surface area contributed by atoms with Crippen LogP contribution in [0.3, 0.4) is 0 Å². The fourth-order valence-electron chi connectivity index (χ4n) is 2.86. The van der Waals surface area contributed by atoms with Crippen LogP contribution in [0.5, 0.6) is 0 Å². The van der Waals surface area contributed by atoms with Crippen LogP contribution in [-0.4, -0.2) is 56.0 Å². The summed E-state index contributed by atoms with van der Waals surface area (Å²) < 4.78 is 33.8. The number of carbonyl (C=O) groups excluding carboxylic acids is 2. The molecule has 0 unspecified atom stereocenters. The van der Waals surface area contributed by atoms with Gasteiger partial charge in [-0.25, -0.2) is 4.79 Å². The number of hydroxylamine groups is 2. The van der Waals surface area contributed by atoms with Crippen molar-refractivity contribution < 1.29 is 27.0 Å². The lowest BCUT2D eigenvalue weighted by Gasteiger charge is -2.31. The van der Waals surface area contributed by atoms with Crippen molar-refractivity contribution >= 4 is 22.1 Å². The van der Waals surface area contributed by atoms with E-state index in [1.807, 2.05) is 37.3 Å². The highest BCUT2D eigenvalue weighted by atomic mass is 32.2. The van der Waals surface area contributed by atoms with Crippen LogP contribution in [-0.2, 0) is 30.4 Å². The number of nitrogens with two attached hydrogens (primary N) is 1. The SMILES string of the molecule is C[C@@H](Cc1ccccc1)NC(=O)[C@H](CCCCN)N(OS(C)(=O)=O)C(=O)OC(C)(C)C. The Kier molecular flexibility index (Phi) is 10.4. The number of rotatable bonds is 11. The predicted octanol–water partition coefficient (Wildman–Crippen LogP) is 2.36. The summed E-state index contributed by atoms with van der Waals surface area (Å²) in [4.78, 5) is 25.8. The third-order valence-electron chi connectivity index (χ3n) is 4.08. The molecule has 1 aromatic rings. The van der Waals surface area contributed by atoms with E-state index in [9.17, 15) is 18.0 Å². The molecule has 0 heterocycles. The zero-order valence-electron chi connectivity index (χ0n) is 19.0. The molecular weight excluding hydrogens is 422 g/mol. The van der Waals surface area contributed by atoms with Gasteiger partial charge in [-0.15, -0.1) is 4.28 Å². The Balaban J connectivity index is 3.07. The molecule has 1 rings (SSSR count). The van der Waals surface area contributed by atoms with Gasteiger partial charge in [0.25, 0.3) is 10.1 Å². The molecule has 3 N–H and O–H groups in total. The van der Waals surface area contributed by atoms with Crippen LogP contribution in [0.2, 0.25) is 0 Å². The predicted molar refractivity (Wildman–Crippen MR) is 118 cm³/mol. The maximum Gasteiger partial charge on any atom is 0.436 e. The number of benzene rings is 1. The second-order valence-corrected chi connectivity index (χ2v) is 10.0. The Morgan fingerprint density at radius 2 is 1.77 bits per heavy atom. The van der Waals surface area contributed by atoms with Gasteiger partial charge in [0.2, 0.25) is 5.91 Å². The van der Waals surface area contributed by atoms with Gasteiger partial charge in [0.1, 0.15) is 11.6 Å². The summed E-state index contributed by atoms with van der Waals surface area (Å²) in [7, 11) is -4.09. The largest absolute Gasteiger partial charge is 0.442 e. The number of unbranched alkanes of at least 4 members (excludes halogenated alkanes) is 1. The number of carbonyl (C=O) groups is 2. The molecule has 0 aliphatic carbocycles. The van der Waals surface area contributed by atoms with E-state index in [2.05, 4.69) is 5.32 Å². The molecule has 0 saturated heterocycles. The van der Waals surface area contributed by atoms with E-state index in [-0.39, 0.29) is 12.5 Å². The van der Waals surface area contributed by atoms with E-state index in [0.717, 1.165) is 11.8 Å². The van der Waals surface area contributed by atoms with Crippen molar-refractivity contribution in [3.63, 3.8) is 0 Å². The fourth-order valence-corrected chi connectivity index (χ4v) is 3.31. The van der Waals surface area contributed by atoms with E-state index in [1.54, 1.807) is 20.8 Å². The van der Waals surface area contributed by atoms with Crippen molar-refractivity contribution in [2.24, 2.45) is 5.73 Å². The van der Waals surface area contributed by atoms with Gasteiger partial charge in [-0.1, -0.05) is 30.3 Å². The van der Waals surface area contributed by atoms with Crippen LogP contribution in [0.1, 0.15) is 52.5 Å². The first kappa shape index (κ1) is 26.9. The topological polar surface area (TPSA) is 128 Å². The zero-order valence-corrected chi connectivity index (χ0v) is 19.8. The molecule has 0 fully saturated rings. The van der Waals surface area contributed by atoms with Crippen molar-refractivity contribution in [2.45, 2.75) is 71.1 Å². The van der Waals surface area contributed by atoms with E-state index in [4.69, 9.17) is 14.8 Å². The Morgan fingerprint density at radius 3 is 2.29 bits per heavy atom. The van der Waals surface area contributed by atoms with Crippen LogP contribution in [0, 0.1) is 0 Å². The number of ether oxygens (including phenoxy) is 1. The van der Waals surface area contributed by atoms with Crippen molar-refractivity contribution in [1.29, 1.82) is 0 Å². The fraction of sp³-hybridized carbons (Fsp3) is 0.619. The highest BCUT2D eigenvalue weighted by Gasteiger charge is 2.36. The maximum atomic E-state index is 13.1. The number of amides is 2. The summed E-state index contributed by atoms with van der Waals surface area (Å²) in [5, 5.41) is 3.36. The average Bonchev–Trinajstić information content (AvgIpc) is 2.62. The van der Waals surface area contributed by atoms with Gasteiger partial charge in [-0.2, -0.15) is 13.5 Å². The first-order chi connectivity index (χ1) is 14.3. The average molecular weight is 458 g/mol. The summed E-state index contributed by atoms with van der Waals surface area (Å²) >= 11 is 0. The van der Waals surface area contributed by atoms with Crippen molar-refractivity contribution in [1.82, 2.24) is 10.4 Å². The molecule has 0 aliphatic heterocycles. The minimum absolute atomic E-state index is 0.163. The lowest BCUT2D eigenvalue weighted by molar-refractivity contribution is -0.142. The molecule has 2 atom stereocenters. The van der Waals surface area contributed by atoms with E-state index in [1.165, 1.54) is 0 Å². The highest BCUT2D eigenvalue weighted by Crippen LogP contribution is 2.18. The third-order valence-corrected chi connectivity index (χ3v) is 4.51. The van der Waals surface area contributed by atoms with Gasteiger partial charge >= 0.3 is 6.09 Å². The Labute approximate surface area is 185 Å². The maximum absolute atomic E-state index is 13.1. The van der Waals surface area contributed by atoms with E-state index in [0.29, 0.717) is 30.9 Å². The van der Waals surface area contributed by atoms with Crippen molar-refractivity contribution in [3.8, 4) is 0 Å². The quantitative estimate of drug-likeness (QED) is 0.385. The van der Waals surface area contributed by atoms with Crippen LogP contribution in [0.25, 0.3) is 0 Å². The molecule has 9 nitrogen and oxygen atoms in total. The summed E-state index contributed by atoms with van der Waals surface area (Å²) in [6, 6.07) is 8.15. The van der Waals surface area contributed by atoms with Crippen molar-refractivity contribution in [3.05, 3.63) is 35.9 Å². The smallest absolute Gasteiger partial charge is 0.436 e. The summed E-state index contributed by atoms with van der Waals surface area (Å²) in [6.07, 6.45) is 1.58. The van der Waals surface area contributed by atoms with Crippen LogP contribution >= 0.6 is 0 Å². The van der Waals surface area contributed by atoms with Gasteiger partial charge in [-0.3, -0.25) is 4.79 Å². The molecule has 0 spiro atoms. The van der Waals surface area contributed by atoms with Gasteiger partial charge in [-0.05, 0) is 65.5 Å². The first-order valence-electron chi connectivity index (χ1n) is 10.3. The molecule has 31 heavy (non-hydrogen) atoms. The number of nitrogens with one attached hydrogen (secondary N) is 1. The van der Waals surface area contributed by atoms with Crippen LogP contribution in [0.15, 0.2) is 30.3 Å². The lowest BCUT2D eigenvalue weighted by Crippen LogP contribution is -2.53. The Morgan fingerprint density at radius 1 is 1.16 bits per heavy atom. The first-order valence-corrected chi connectivity index (χ1v) is 12.1. The number of hydrogen-bond donors (Lipinski definition) is 2. The molecule has 0 bridgehead atoms. The van der Waals surface area contributed by atoms with Crippen LogP contribution in [0.4, 0.5) is 4.79 Å². The molecule has 2 amide bonds. The molecule has 176 valence electrons. The third kappa shape index (κ3) is 11.1. The summed E-state index contributed by atoms with van der Waals surface area (Å²) in [5.41, 5.74) is 5.67. The monoisotopic (exact) mass is 457 g/mol. The van der Waals surface area contributed by atoms with E-state index < -0.39 is 33.8 Å². The number of nitrogens with zero attached hydrogens (tertiary/aromatic N) is 1. The standard InChI is InChI=1S/C21H35N3O6S/c1-16(15-17-11-7-6-8-12-17)23-19(25)18(13-9-10-14-22)24(30-31(5,27)28)20(26)29-21(2,3)4/h6-8,11-12,16,18H,9-10,13-15,22H2,1-5H3,(H,23,25)/t16-,18-/m0/s1. The minimum atomic E-state index is -4.09. The molecule has 1 aromatic carbocycles. The lowest BCUT2D eigenvalue weighted by atomic mass is 10.1. The molecular formula is C21H35N3O6S. The van der Waals surface area contributed by atoms with Gasteiger partial charge in [0.15, 0.2) is 0 Å². The normalized spacial score (nSPS) is 13.9. The molecule has 0 saturated carbocycles.